The number of hydrogen-bond acceptors (Lipinski definition) is 3. The van der Waals surface area contributed by atoms with Gasteiger partial charge >= 0.3 is 0 Å². The number of hydrogen-bond donors (Lipinski definition) is 2. The van der Waals surface area contributed by atoms with Crippen molar-refractivity contribution in [1.82, 2.24) is 10.2 Å². The van der Waals surface area contributed by atoms with Gasteiger partial charge in [0.25, 0.3) is 0 Å². The summed E-state index contributed by atoms with van der Waals surface area (Å²) < 4.78 is 0. The summed E-state index contributed by atoms with van der Waals surface area (Å²) >= 11 is 0. The lowest BCUT2D eigenvalue weighted by Gasteiger charge is -2.31. The largest absolute Gasteiger partial charge is 0.394 e. The van der Waals surface area contributed by atoms with Crippen LogP contribution in [0.25, 0.3) is 0 Å². The molecule has 2 N–H and O–H groups in total. The van der Waals surface area contributed by atoms with Gasteiger partial charge in [0.1, 0.15) is 0 Å². The molecule has 0 heterocycles. The van der Waals surface area contributed by atoms with Crippen LogP contribution in [-0.2, 0) is 0 Å². The molecule has 0 aliphatic heterocycles. The van der Waals surface area contributed by atoms with Crippen molar-refractivity contribution in [3.8, 4) is 0 Å². The second kappa shape index (κ2) is 6.38. The maximum absolute atomic E-state index is 9.29. The topological polar surface area (TPSA) is 35.5 Å². The van der Waals surface area contributed by atoms with Crippen LogP contribution in [0, 0.1) is 0 Å². The van der Waals surface area contributed by atoms with E-state index in [1.807, 2.05) is 0 Å². The monoisotopic (exact) mass is 202 g/mol. The van der Waals surface area contributed by atoms with Gasteiger partial charge in [0.15, 0.2) is 0 Å². The van der Waals surface area contributed by atoms with Crippen molar-refractivity contribution in [1.29, 1.82) is 0 Å². The van der Waals surface area contributed by atoms with Crippen molar-refractivity contribution >= 4 is 0 Å². The highest BCUT2D eigenvalue weighted by molar-refractivity contribution is 4.82. The molecule has 1 unspecified atom stereocenters. The maximum atomic E-state index is 9.29. The SMILES string of the molecule is CCNC(C)(CO)CCN(C)C(C)C. The molecule has 86 valence electrons. The van der Waals surface area contributed by atoms with Gasteiger partial charge in [-0.15, -0.1) is 0 Å². The molecule has 0 aromatic rings. The van der Waals surface area contributed by atoms with Gasteiger partial charge in [-0.1, -0.05) is 6.92 Å². The van der Waals surface area contributed by atoms with Crippen LogP contribution in [0.3, 0.4) is 0 Å². The number of nitrogens with zero attached hydrogens (tertiary/aromatic N) is 1. The summed E-state index contributed by atoms with van der Waals surface area (Å²) in [6, 6.07) is 0.569. The minimum atomic E-state index is -0.127. The maximum Gasteiger partial charge on any atom is 0.0611 e. The summed E-state index contributed by atoms with van der Waals surface area (Å²) in [7, 11) is 2.12. The Morgan fingerprint density at radius 1 is 1.43 bits per heavy atom. The van der Waals surface area contributed by atoms with Crippen molar-refractivity contribution in [3.05, 3.63) is 0 Å². The van der Waals surface area contributed by atoms with E-state index in [9.17, 15) is 5.11 Å². The van der Waals surface area contributed by atoms with Gasteiger partial charge in [0, 0.05) is 11.6 Å². The van der Waals surface area contributed by atoms with Crippen LogP contribution in [0.4, 0.5) is 0 Å². The Morgan fingerprint density at radius 3 is 2.36 bits per heavy atom. The lowest BCUT2D eigenvalue weighted by Crippen LogP contribution is -2.48. The third-order valence-corrected chi connectivity index (χ3v) is 2.85. The Bertz CT molecular complexity index is 150. The molecule has 0 bridgehead atoms. The van der Waals surface area contributed by atoms with E-state index in [0.29, 0.717) is 6.04 Å². The van der Waals surface area contributed by atoms with Crippen LogP contribution in [-0.4, -0.2) is 48.3 Å². The van der Waals surface area contributed by atoms with Crippen molar-refractivity contribution in [2.24, 2.45) is 0 Å². The molecule has 0 amide bonds. The first-order chi connectivity index (χ1) is 6.45. The molecule has 0 rings (SSSR count). The van der Waals surface area contributed by atoms with Crippen LogP contribution in [0.2, 0.25) is 0 Å². The summed E-state index contributed by atoms with van der Waals surface area (Å²) in [5, 5.41) is 12.6. The molecule has 0 aliphatic rings. The van der Waals surface area contributed by atoms with E-state index in [4.69, 9.17) is 0 Å². The second-order valence-corrected chi connectivity index (χ2v) is 4.57. The van der Waals surface area contributed by atoms with Gasteiger partial charge in [-0.2, -0.15) is 0 Å². The Balaban J connectivity index is 3.94. The average molecular weight is 202 g/mol. The Morgan fingerprint density at radius 2 is 2.00 bits per heavy atom. The summed E-state index contributed by atoms with van der Waals surface area (Å²) in [6.45, 7) is 10.6. The molecule has 14 heavy (non-hydrogen) atoms. The van der Waals surface area contributed by atoms with Crippen molar-refractivity contribution in [3.63, 3.8) is 0 Å². The molecule has 0 saturated carbocycles. The number of rotatable bonds is 7. The Hall–Kier alpha value is -0.120. The highest BCUT2D eigenvalue weighted by Gasteiger charge is 2.22. The standard InChI is InChI=1S/C11H26N2O/c1-6-12-11(4,9-14)7-8-13(5)10(2)3/h10,12,14H,6-9H2,1-5H3. The molecule has 3 heteroatoms. The van der Waals surface area contributed by atoms with E-state index in [1.165, 1.54) is 0 Å². The fraction of sp³-hybridized carbons (Fsp3) is 1.00. The molecular formula is C11H26N2O. The Labute approximate surface area is 88.5 Å². The predicted octanol–water partition coefficient (Wildman–Crippen LogP) is 1.08. The third-order valence-electron chi connectivity index (χ3n) is 2.85. The first kappa shape index (κ1) is 13.9. The lowest BCUT2D eigenvalue weighted by molar-refractivity contribution is 0.146. The molecule has 0 radical (unpaired) electrons. The van der Waals surface area contributed by atoms with Crippen LogP contribution in [0.1, 0.15) is 34.1 Å². The van der Waals surface area contributed by atoms with Gasteiger partial charge in [-0.3, -0.25) is 0 Å². The summed E-state index contributed by atoms with van der Waals surface area (Å²) in [5.74, 6) is 0. The highest BCUT2D eigenvalue weighted by atomic mass is 16.3. The van der Waals surface area contributed by atoms with Crippen molar-refractivity contribution in [2.75, 3.05) is 26.7 Å². The molecule has 0 aliphatic carbocycles. The van der Waals surface area contributed by atoms with E-state index in [0.717, 1.165) is 19.5 Å². The summed E-state index contributed by atoms with van der Waals surface area (Å²) in [5.41, 5.74) is -0.127. The van der Waals surface area contributed by atoms with Crippen molar-refractivity contribution in [2.45, 2.75) is 45.7 Å². The summed E-state index contributed by atoms with van der Waals surface area (Å²) in [4.78, 5) is 2.30. The Kier molecular flexibility index (Phi) is 6.33. The predicted molar refractivity (Wildman–Crippen MR) is 61.6 cm³/mol. The molecule has 0 aromatic carbocycles. The average Bonchev–Trinajstić information content (AvgIpc) is 2.14. The number of likely N-dealkylation sites (N-methyl/N-ethyl adjacent to an activating group) is 1. The van der Waals surface area contributed by atoms with Crippen LogP contribution >= 0.6 is 0 Å². The number of aliphatic hydroxyl groups is 1. The zero-order valence-corrected chi connectivity index (χ0v) is 10.3. The van der Waals surface area contributed by atoms with Gasteiger partial charge in [-0.25, -0.2) is 0 Å². The molecule has 0 saturated heterocycles. The first-order valence-corrected chi connectivity index (χ1v) is 5.51. The normalized spacial score (nSPS) is 16.3. The summed E-state index contributed by atoms with van der Waals surface area (Å²) in [6.07, 6.45) is 0.978. The highest BCUT2D eigenvalue weighted by Crippen LogP contribution is 2.10. The van der Waals surface area contributed by atoms with Gasteiger partial charge < -0.3 is 15.3 Å². The quantitative estimate of drug-likeness (QED) is 0.648. The van der Waals surface area contributed by atoms with Crippen LogP contribution in [0.5, 0.6) is 0 Å². The molecular weight excluding hydrogens is 176 g/mol. The lowest BCUT2D eigenvalue weighted by atomic mass is 9.98. The number of nitrogens with one attached hydrogen (secondary N) is 1. The van der Waals surface area contributed by atoms with E-state index in [-0.39, 0.29) is 12.1 Å². The number of aliphatic hydroxyl groups excluding tert-OH is 1. The van der Waals surface area contributed by atoms with Gasteiger partial charge in [0.2, 0.25) is 0 Å². The smallest absolute Gasteiger partial charge is 0.0611 e. The minimum Gasteiger partial charge on any atom is -0.394 e. The van der Waals surface area contributed by atoms with E-state index >= 15 is 0 Å². The van der Waals surface area contributed by atoms with E-state index in [2.05, 4.69) is 45.0 Å². The fourth-order valence-corrected chi connectivity index (χ4v) is 1.33. The zero-order chi connectivity index (χ0) is 11.2. The minimum absolute atomic E-state index is 0.127. The molecule has 3 nitrogen and oxygen atoms in total. The molecule has 1 atom stereocenters. The van der Waals surface area contributed by atoms with Crippen LogP contribution in [0.15, 0.2) is 0 Å². The zero-order valence-electron chi connectivity index (χ0n) is 10.3. The van der Waals surface area contributed by atoms with Gasteiger partial charge in [0.05, 0.1) is 6.61 Å². The van der Waals surface area contributed by atoms with Gasteiger partial charge in [-0.05, 0) is 47.3 Å². The fourth-order valence-electron chi connectivity index (χ4n) is 1.33. The molecule has 0 fully saturated rings. The molecule has 0 spiro atoms. The molecule has 0 aromatic heterocycles. The third kappa shape index (κ3) is 4.94. The van der Waals surface area contributed by atoms with E-state index in [1.54, 1.807) is 0 Å². The first-order valence-electron chi connectivity index (χ1n) is 5.51. The second-order valence-electron chi connectivity index (χ2n) is 4.57. The van der Waals surface area contributed by atoms with E-state index < -0.39 is 0 Å². The van der Waals surface area contributed by atoms with Crippen LogP contribution < -0.4 is 5.32 Å². The van der Waals surface area contributed by atoms with Crippen molar-refractivity contribution < 1.29 is 5.11 Å².